The molecule has 25 heavy (non-hydrogen) atoms. The molecule has 0 bridgehead atoms. The first kappa shape index (κ1) is 16.6. The predicted molar refractivity (Wildman–Crippen MR) is 94.5 cm³/mol. The van der Waals surface area contributed by atoms with Gasteiger partial charge in [-0.25, -0.2) is 0 Å². The topological polar surface area (TPSA) is 80.5 Å². The number of hydrogen-bond donors (Lipinski definition) is 0. The number of non-ortho nitro benzene ring substituents is 1. The minimum Gasteiger partial charge on any atom is -0.312 e. The van der Waals surface area contributed by atoms with Crippen molar-refractivity contribution < 1.29 is 14.5 Å². The maximum atomic E-state index is 12.2. The van der Waals surface area contributed by atoms with E-state index in [9.17, 15) is 19.7 Å². The third kappa shape index (κ3) is 3.80. The van der Waals surface area contributed by atoms with E-state index in [0.29, 0.717) is 24.1 Å². The van der Waals surface area contributed by atoms with Gasteiger partial charge < -0.3 is 4.90 Å². The van der Waals surface area contributed by atoms with Crippen LogP contribution in [0.15, 0.2) is 54.6 Å². The van der Waals surface area contributed by atoms with Crippen LogP contribution in [0.5, 0.6) is 0 Å². The van der Waals surface area contributed by atoms with Crippen LogP contribution in [0.1, 0.15) is 28.8 Å². The van der Waals surface area contributed by atoms with Crippen molar-refractivity contribution in [1.82, 2.24) is 0 Å². The number of allylic oxidation sites excluding steroid dienone is 1. The summed E-state index contributed by atoms with van der Waals surface area (Å²) in [6.07, 6.45) is 4.47. The van der Waals surface area contributed by atoms with E-state index < -0.39 is 4.92 Å². The Hall–Kier alpha value is -3.28. The molecule has 1 heterocycles. The van der Waals surface area contributed by atoms with E-state index >= 15 is 0 Å². The van der Waals surface area contributed by atoms with Gasteiger partial charge in [-0.15, -0.1) is 0 Å². The molecule has 1 aliphatic heterocycles. The molecule has 0 aromatic heterocycles. The molecule has 6 heteroatoms. The third-order valence-corrected chi connectivity index (χ3v) is 4.07. The number of carbonyl (C=O) groups excluding carboxylic acids is 2. The molecule has 0 spiro atoms. The lowest BCUT2D eigenvalue weighted by Gasteiger charge is -2.15. The molecule has 2 aromatic rings. The van der Waals surface area contributed by atoms with E-state index in [2.05, 4.69) is 0 Å². The van der Waals surface area contributed by atoms with Crippen LogP contribution in [0.2, 0.25) is 0 Å². The van der Waals surface area contributed by atoms with E-state index in [1.165, 1.54) is 18.2 Å². The molecule has 3 rings (SSSR count). The second kappa shape index (κ2) is 7.09. The number of benzene rings is 2. The first-order valence-electron chi connectivity index (χ1n) is 7.92. The van der Waals surface area contributed by atoms with Gasteiger partial charge in [-0.2, -0.15) is 0 Å². The summed E-state index contributed by atoms with van der Waals surface area (Å²) >= 11 is 0. The molecule has 0 saturated carbocycles. The summed E-state index contributed by atoms with van der Waals surface area (Å²) in [6, 6.07) is 12.9. The van der Waals surface area contributed by atoms with E-state index in [1.807, 2.05) is 0 Å². The van der Waals surface area contributed by atoms with Crippen molar-refractivity contribution >= 4 is 29.1 Å². The standard InChI is InChI=1S/C19H16N2O4/c22-18(12-5-14-3-8-17(9-4-14)21(24)25)15-6-10-16(11-7-15)20-13-1-2-19(20)23/h3-12H,1-2,13H2/b12-5+. The summed E-state index contributed by atoms with van der Waals surface area (Å²) in [4.78, 5) is 35.8. The van der Waals surface area contributed by atoms with E-state index in [1.54, 1.807) is 47.4 Å². The summed E-state index contributed by atoms with van der Waals surface area (Å²) in [5, 5.41) is 10.6. The Balaban J connectivity index is 1.68. The largest absolute Gasteiger partial charge is 0.312 e. The van der Waals surface area contributed by atoms with Crippen LogP contribution in [0.4, 0.5) is 11.4 Å². The second-order valence-corrected chi connectivity index (χ2v) is 5.74. The Kier molecular flexibility index (Phi) is 4.70. The van der Waals surface area contributed by atoms with Gasteiger partial charge in [0, 0.05) is 36.3 Å². The fraction of sp³-hybridized carbons (Fsp3) is 0.158. The van der Waals surface area contributed by atoms with Crippen LogP contribution in [-0.4, -0.2) is 23.2 Å². The predicted octanol–water partition coefficient (Wildman–Crippen LogP) is 3.62. The minimum atomic E-state index is -0.467. The molecule has 0 unspecified atom stereocenters. The smallest absolute Gasteiger partial charge is 0.269 e. The normalized spacial score (nSPS) is 14.2. The summed E-state index contributed by atoms with van der Waals surface area (Å²) in [5.41, 5.74) is 2.04. The Labute approximate surface area is 144 Å². The fourth-order valence-electron chi connectivity index (χ4n) is 2.70. The van der Waals surface area contributed by atoms with Crippen LogP contribution in [-0.2, 0) is 4.79 Å². The van der Waals surface area contributed by atoms with Crippen LogP contribution in [0.25, 0.3) is 6.08 Å². The Morgan fingerprint density at radius 3 is 2.32 bits per heavy atom. The van der Waals surface area contributed by atoms with Gasteiger partial charge in [0.25, 0.3) is 5.69 Å². The zero-order valence-electron chi connectivity index (χ0n) is 13.4. The molecule has 0 radical (unpaired) electrons. The van der Waals surface area contributed by atoms with E-state index in [4.69, 9.17) is 0 Å². The van der Waals surface area contributed by atoms with Gasteiger partial charge >= 0.3 is 0 Å². The number of nitro groups is 1. The van der Waals surface area contributed by atoms with Gasteiger partial charge in [0.1, 0.15) is 0 Å². The summed E-state index contributed by atoms with van der Waals surface area (Å²) < 4.78 is 0. The molecule has 6 nitrogen and oxygen atoms in total. The maximum absolute atomic E-state index is 12.2. The number of ketones is 1. The van der Waals surface area contributed by atoms with Gasteiger partial charge in [0.05, 0.1) is 4.92 Å². The quantitative estimate of drug-likeness (QED) is 0.361. The molecule has 1 amide bonds. The van der Waals surface area contributed by atoms with Gasteiger partial charge in [0.15, 0.2) is 5.78 Å². The van der Waals surface area contributed by atoms with Crippen LogP contribution >= 0.6 is 0 Å². The van der Waals surface area contributed by atoms with Crippen molar-refractivity contribution in [2.75, 3.05) is 11.4 Å². The van der Waals surface area contributed by atoms with Crippen molar-refractivity contribution in [1.29, 1.82) is 0 Å². The Morgan fingerprint density at radius 2 is 1.76 bits per heavy atom. The van der Waals surface area contributed by atoms with Gasteiger partial charge in [-0.3, -0.25) is 19.7 Å². The highest BCUT2D eigenvalue weighted by Gasteiger charge is 2.21. The average molecular weight is 336 g/mol. The molecule has 2 aromatic carbocycles. The van der Waals surface area contributed by atoms with Gasteiger partial charge in [-0.1, -0.05) is 6.08 Å². The number of amides is 1. The number of carbonyl (C=O) groups is 2. The number of nitrogens with zero attached hydrogens (tertiary/aromatic N) is 2. The molecule has 0 N–H and O–H groups in total. The lowest BCUT2D eigenvalue weighted by atomic mass is 10.1. The molecule has 0 aliphatic carbocycles. The van der Waals surface area contributed by atoms with Crippen LogP contribution < -0.4 is 4.90 Å². The maximum Gasteiger partial charge on any atom is 0.269 e. The first-order chi connectivity index (χ1) is 12.0. The second-order valence-electron chi connectivity index (χ2n) is 5.74. The Morgan fingerprint density at radius 1 is 1.08 bits per heavy atom. The Bertz CT molecular complexity index is 839. The highest BCUT2D eigenvalue weighted by molar-refractivity contribution is 6.07. The van der Waals surface area contributed by atoms with Gasteiger partial charge in [0.2, 0.25) is 5.91 Å². The SMILES string of the molecule is O=C(/C=C/c1ccc([N+](=O)[O-])cc1)c1ccc(N2CCCC2=O)cc1. The van der Waals surface area contributed by atoms with Gasteiger partial charge in [-0.05, 0) is 54.5 Å². The van der Waals surface area contributed by atoms with Crippen LogP contribution in [0, 0.1) is 10.1 Å². The number of anilines is 1. The third-order valence-electron chi connectivity index (χ3n) is 4.07. The van der Waals surface area contributed by atoms with Crippen molar-refractivity contribution in [2.24, 2.45) is 0 Å². The average Bonchev–Trinajstić information content (AvgIpc) is 3.06. The monoisotopic (exact) mass is 336 g/mol. The molecular formula is C19H16N2O4. The molecule has 0 atom stereocenters. The number of rotatable bonds is 5. The van der Waals surface area contributed by atoms with E-state index in [-0.39, 0.29) is 17.4 Å². The molecular weight excluding hydrogens is 320 g/mol. The van der Waals surface area contributed by atoms with Crippen molar-refractivity contribution in [3.8, 4) is 0 Å². The minimum absolute atomic E-state index is 0.00975. The lowest BCUT2D eigenvalue weighted by Crippen LogP contribution is -2.23. The number of hydrogen-bond acceptors (Lipinski definition) is 4. The summed E-state index contributed by atoms with van der Waals surface area (Å²) in [6.45, 7) is 0.714. The first-order valence-corrected chi connectivity index (χ1v) is 7.92. The zero-order valence-corrected chi connectivity index (χ0v) is 13.4. The van der Waals surface area contributed by atoms with Crippen molar-refractivity contribution in [3.05, 3.63) is 75.8 Å². The van der Waals surface area contributed by atoms with Crippen LogP contribution in [0.3, 0.4) is 0 Å². The summed E-state index contributed by atoms with van der Waals surface area (Å²) in [5.74, 6) is -0.0604. The highest BCUT2D eigenvalue weighted by atomic mass is 16.6. The molecule has 1 fully saturated rings. The van der Waals surface area contributed by atoms with Crippen molar-refractivity contribution in [2.45, 2.75) is 12.8 Å². The molecule has 1 saturated heterocycles. The zero-order chi connectivity index (χ0) is 17.8. The fourth-order valence-corrected chi connectivity index (χ4v) is 2.70. The summed E-state index contributed by atoms with van der Waals surface area (Å²) in [7, 11) is 0. The molecule has 126 valence electrons. The van der Waals surface area contributed by atoms with Crippen molar-refractivity contribution in [3.63, 3.8) is 0 Å². The molecule has 1 aliphatic rings. The lowest BCUT2D eigenvalue weighted by molar-refractivity contribution is -0.384. The highest BCUT2D eigenvalue weighted by Crippen LogP contribution is 2.22. The number of nitro benzene ring substituents is 1. The van der Waals surface area contributed by atoms with E-state index in [0.717, 1.165) is 12.1 Å².